The van der Waals surface area contributed by atoms with E-state index in [4.69, 9.17) is 9.47 Å². The summed E-state index contributed by atoms with van der Waals surface area (Å²) in [6.45, 7) is 3.69. The molecule has 0 saturated carbocycles. The average molecular weight is 814 g/mol. The second kappa shape index (κ2) is 18.1. The Labute approximate surface area is 273 Å². The number of carbonyl (C=O) groups excluding carboxylic acids is 1. The van der Waals surface area contributed by atoms with Crippen molar-refractivity contribution in [3.8, 4) is 11.5 Å². The fraction of sp³-hybridized carbons (Fsp3) is 0.552. The Hall–Kier alpha value is -0.690. The van der Waals surface area contributed by atoms with Crippen LogP contribution in [-0.2, 0) is 17.6 Å². The van der Waals surface area contributed by atoms with Gasteiger partial charge < -0.3 is 29.5 Å². The van der Waals surface area contributed by atoms with Gasteiger partial charge in [-0.15, -0.1) is 0 Å². The number of amides is 1. The van der Waals surface area contributed by atoms with Crippen molar-refractivity contribution in [3.05, 3.63) is 53.3 Å². The molecular formula is C29H42Br4N4O3. The van der Waals surface area contributed by atoms with Crippen LogP contribution in [0.15, 0.2) is 42.2 Å². The lowest BCUT2D eigenvalue weighted by atomic mass is 10.0. The number of hydrogen-bond acceptors (Lipinski definition) is 6. The molecule has 2 aromatic carbocycles. The van der Waals surface area contributed by atoms with Crippen molar-refractivity contribution in [1.29, 1.82) is 0 Å². The van der Waals surface area contributed by atoms with Crippen LogP contribution < -0.4 is 14.8 Å². The number of likely N-dealkylation sites (N-methyl/N-ethyl adjacent to an activating group) is 3. The number of benzene rings is 2. The standard InChI is InChI=1S/C29H42Br4N4O3/c1-34-26(19-21-17-24(32)28(25(33)18-21)39-13-7-10-35(2)3)29(38)37(6)11-8-14-40-27-22(30)15-20(16-23(27)31)9-12-36(4)5/h15-18,26,34H,7-14,19H2,1-6H3. The molecule has 2 aromatic rings. The van der Waals surface area contributed by atoms with E-state index in [2.05, 4.69) is 119 Å². The minimum Gasteiger partial charge on any atom is -0.491 e. The van der Waals surface area contributed by atoms with Gasteiger partial charge in [0, 0.05) is 26.7 Å². The van der Waals surface area contributed by atoms with E-state index in [1.54, 1.807) is 4.90 Å². The molecule has 0 fully saturated rings. The predicted molar refractivity (Wildman–Crippen MR) is 179 cm³/mol. The molecule has 11 heteroatoms. The monoisotopic (exact) mass is 810 g/mol. The molecule has 224 valence electrons. The third-order valence-electron chi connectivity index (χ3n) is 6.31. The van der Waals surface area contributed by atoms with Crippen molar-refractivity contribution in [2.75, 3.05) is 75.1 Å². The quantitative estimate of drug-likeness (QED) is 0.192. The lowest BCUT2D eigenvalue weighted by Crippen LogP contribution is -2.45. The molecule has 0 aliphatic rings. The van der Waals surface area contributed by atoms with Gasteiger partial charge in [0.15, 0.2) is 0 Å². The van der Waals surface area contributed by atoms with E-state index in [1.807, 2.05) is 26.2 Å². The van der Waals surface area contributed by atoms with Crippen molar-refractivity contribution >= 4 is 69.6 Å². The van der Waals surface area contributed by atoms with E-state index in [1.165, 1.54) is 5.56 Å². The van der Waals surface area contributed by atoms with Gasteiger partial charge in [-0.1, -0.05) is 0 Å². The third kappa shape index (κ3) is 11.9. The molecule has 1 atom stereocenters. The molecule has 1 unspecified atom stereocenters. The molecule has 0 radical (unpaired) electrons. The summed E-state index contributed by atoms with van der Waals surface area (Å²) in [5.41, 5.74) is 2.28. The van der Waals surface area contributed by atoms with Crippen LogP contribution in [0.1, 0.15) is 24.0 Å². The molecule has 0 spiro atoms. The summed E-state index contributed by atoms with van der Waals surface area (Å²) in [6, 6.07) is 7.93. The zero-order chi connectivity index (χ0) is 29.8. The first-order valence-corrected chi connectivity index (χ1v) is 16.5. The van der Waals surface area contributed by atoms with E-state index < -0.39 is 0 Å². The summed E-state index contributed by atoms with van der Waals surface area (Å²) < 4.78 is 15.7. The number of rotatable bonds is 17. The van der Waals surface area contributed by atoms with Crippen LogP contribution in [0.3, 0.4) is 0 Å². The van der Waals surface area contributed by atoms with Crippen LogP contribution in [0.25, 0.3) is 0 Å². The minimum absolute atomic E-state index is 0.0476. The van der Waals surface area contributed by atoms with Crippen molar-refractivity contribution in [1.82, 2.24) is 20.0 Å². The van der Waals surface area contributed by atoms with Crippen LogP contribution in [0.4, 0.5) is 0 Å². The van der Waals surface area contributed by atoms with Crippen LogP contribution in [0.2, 0.25) is 0 Å². The first-order valence-electron chi connectivity index (χ1n) is 13.4. The van der Waals surface area contributed by atoms with Gasteiger partial charge >= 0.3 is 0 Å². The predicted octanol–water partition coefficient (Wildman–Crippen LogP) is 6.23. The van der Waals surface area contributed by atoms with Gasteiger partial charge in [-0.25, -0.2) is 0 Å². The smallest absolute Gasteiger partial charge is 0.239 e. The SMILES string of the molecule is CNC(Cc1cc(Br)c(OCCCN(C)C)c(Br)c1)C(=O)N(C)CCCOc1c(Br)cc(CCN(C)C)cc1Br. The number of carbonyl (C=O) groups is 1. The lowest BCUT2D eigenvalue weighted by Gasteiger charge is -2.24. The van der Waals surface area contributed by atoms with Crippen molar-refractivity contribution in [2.24, 2.45) is 0 Å². The molecule has 2 rings (SSSR count). The summed E-state index contributed by atoms with van der Waals surface area (Å²) in [4.78, 5) is 19.3. The molecule has 0 aliphatic carbocycles. The van der Waals surface area contributed by atoms with Gasteiger partial charge in [-0.2, -0.15) is 0 Å². The third-order valence-corrected chi connectivity index (χ3v) is 8.66. The largest absolute Gasteiger partial charge is 0.491 e. The second-order valence-corrected chi connectivity index (χ2v) is 13.8. The molecule has 0 heterocycles. The molecule has 0 bridgehead atoms. The van der Waals surface area contributed by atoms with Crippen LogP contribution in [-0.4, -0.2) is 102 Å². The summed E-state index contributed by atoms with van der Waals surface area (Å²) in [7, 11) is 11.9. The maximum absolute atomic E-state index is 13.2. The summed E-state index contributed by atoms with van der Waals surface area (Å²) in [6.07, 6.45) is 3.19. The highest BCUT2D eigenvalue weighted by molar-refractivity contribution is 9.11. The molecule has 0 aromatic heterocycles. The molecule has 1 amide bonds. The van der Waals surface area contributed by atoms with Crippen LogP contribution in [0.5, 0.6) is 11.5 Å². The number of hydrogen-bond donors (Lipinski definition) is 1. The zero-order valence-electron chi connectivity index (χ0n) is 24.3. The van der Waals surface area contributed by atoms with E-state index in [9.17, 15) is 4.79 Å². The van der Waals surface area contributed by atoms with Gasteiger partial charge in [0.25, 0.3) is 0 Å². The first kappa shape index (κ1) is 35.5. The molecule has 0 saturated heterocycles. The maximum Gasteiger partial charge on any atom is 0.239 e. The normalized spacial score (nSPS) is 12.2. The van der Waals surface area contributed by atoms with Crippen molar-refractivity contribution < 1.29 is 14.3 Å². The molecular weight excluding hydrogens is 772 g/mol. The topological polar surface area (TPSA) is 57.3 Å². The second-order valence-electron chi connectivity index (χ2n) is 10.3. The average Bonchev–Trinajstić information content (AvgIpc) is 2.88. The Kier molecular flexibility index (Phi) is 16.0. The van der Waals surface area contributed by atoms with E-state index >= 15 is 0 Å². The number of ether oxygens (including phenoxy) is 2. The fourth-order valence-electron chi connectivity index (χ4n) is 4.07. The van der Waals surface area contributed by atoms with Crippen molar-refractivity contribution in [2.45, 2.75) is 31.7 Å². The zero-order valence-corrected chi connectivity index (χ0v) is 30.7. The van der Waals surface area contributed by atoms with Crippen molar-refractivity contribution in [3.63, 3.8) is 0 Å². The van der Waals surface area contributed by atoms with Crippen LogP contribution >= 0.6 is 63.7 Å². The summed E-state index contributed by atoms with van der Waals surface area (Å²) in [5, 5.41) is 3.19. The molecule has 7 nitrogen and oxygen atoms in total. The summed E-state index contributed by atoms with van der Waals surface area (Å²) >= 11 is 14.6. The summed E-state index contributed by atoms with van der Waals surface area (Å²) in [5.74, 6) is 1.62. The minimum atomic E-state index is -0.338. The Balaban J connectivity index is 1.88. The first-order chi connectivity index (χ1) is 18.9. The highest BCUT2D eigenvalue weighted by Crippen LogP contribution is 2.36. The Bertz CT molecular complexity index is 1050. The fourth-order valence-corrected chi connectivity index (χ4v) is 7.09. The highest BCUT2D eigenvalue weighted by Gasteiger charge is 2.22. The van der Waals surface area contributed by atoms with Crippen LogP contribution in [0, 0.1) is 0 Å². The number of nitrogens with zero attached hydrogens (tertiary/aromatic N) is 3. The Morgan fingerprint density at radius 3 is 1.65 bits per heavy atom. The lowest BCUT2D eigenvalue weighted by molar-refractivity contribution is -0.132. The maximum atomic E-state index is 13.2. The number of halogens is 4. The van der Waals surface area contributed by atoms with Gasteiger partial charge in [0.1, 0.15) is 11.5 Å². The van der Waals surface area contributed by atoms with E-state index in [0.29, 0.717) is 26.2 Å². The van der Waals surface area contributed by atoms with Gasteiger partial charge in [-0.3, -0.25) is 4.79 Å². The van der Waals surface area contributed by atoms with E-state index in [0.717, 1.165) is 67.3 Å². The van der Waals surface area contributed by atoms with Gasteiger partial charge in [0.05, 0.1) is 37.1 Å². The Morgan fingerprint density at radius 1 is 0.750 bits per heavy atom. The number of nitrogens with one attached hydrogen (secondary N) is 1. The van der Waals surface area contributed by atoms with Gasteiger partial charge in [-0.05, 0) is 160 Å². The molecule has 40 heavy (non-hydrogen) atoms. The highest BCUT2D eigenvalue weighted by atomic mass is 79.9. The van der Waals surface area contributed by atoms with Gasteiger partial charge in [0.2, 0.25) is 5.91 Å². The Morgan fingerprint density at radius 2 is 1.20 bits per heavy atom. The van der Waals surface area contributed by atoms with E-state index in [-0.39, 0.29) is 11.9 Å². The molecule has 0 aliphatic heterocycles. The molecule has 1 N–H and O–H groups in total.